The smallest absolute Gasteiger partial charge is 0.266 e. The molecule has 1 aromatic heterocycles. The predicted octanol–water partition coefficient (Wildman–Crippen LogP) is 3.09. The molecule has 0 saturated carbocycles. The Labute approximate surface area is 128 Å². The molecular weight excluding hydrogens is 375 g/mol. The van der Waals surface area contributed by atoms with E-state index in [0.717, 1.165) is 6.07 Å². The van der Waals surface area contributed by atoms with Crippen LogP contribution in [-0.4, -0.2) is 8.42 Å². The Morgan fingerprint density at radius 2 is 2.10 bits per heavy atom. The molecule has 0 atom stereocenters. The quantitative estimate of drug-likeness (QED) is 0.849. The molecule has 0 aliphatic rings. The number of nitrogens with two attached hydrogens (primary N) is 1. The SMILES string of the molecule is NCc1cc(S(=O)(=O)Nc2ccc(Cl)cc2F)c(Br)o1. The van der Waals surface area contributed by atoms with Crippen molar-refractivity contribution in [1.29, 1.82) is 0 Å². The zero-order valence-corrected chi connectivity index (χ0v) is 13.0. The van der Waals surface area contributed by atoms with Crippen LogP contribution in [0.15, 0.2) is 38.2 Å². The van der Waals surface area contributed by atoms with Crippen molar-refractivity contribution in [2.45, 2.75) is 11.4 Å². The highest BCUT2D eigenvalue weighted by atomic mass is 79.9. The molecule has 0 aliphatic carbocycles. The van der Waals surface area contributed by atoms with Crippen LogP contribution in [0, 0.1) is 5.82 Å². The zero-order valence-electron chi connectivity index (χ0n) is 9.86. The maximum Gasteiger partial charge on any atom is 0.266 e. The van der Waals surface area contributed by atoms with E-state index in [1.54, 1.807) is 0 Å². The van der Waals surface area contributed by atoms with Crippen LogP contribution < -0.4 is 10.5 Å². The predicted molar refractivity (Wildman–Crippen MR) is 76.5 cm³/mol. The monoisotopic (exact) mass is 382 g/mol. The third-order valence-corrected chi connectivity index (χ3v) is 4.83. The minimum Gasteiger partial charge on any atom is -0.452 e. The van der Waals surface area contributed by atoms with Crippen LogP contribution in [-0.2, 0) is 16.6 Å². The van der Waals surface area contributed by atoms with Crippen molar-refractivity contribution in [3.8, 4) is 0 Å². The Hall–Kier alpha value is -1.09. The fourth-order valence-electron chi connectivity index (χ4n) is 1.45. The van der Waals surface area contributed by atoms with Crippen molar-refractivity contribution in [2.75, 3.05) is 4.72 Å². The van der Waals surface area contributed by atoms with E-state index in [0.29, 0.717) is 0 Å². The van der Waals surface area contributed by atoms with E-state index in [1.165, 1.54) is 18.2 Å². The molecule has 1 aromatic carbocycles. The maximum absolute atomic E-state index is 13.6. The molecule has 108 valence electrons. The van der Waals surface area contributed by atoms with Crippen LogP contribution in [0.2, 0.25) is 5.02 Å². The van der Waals surface area contributed by atoms with Gasteiger partial charge in [0.05, 0.1) is 12.2 Å². The van der Waals surface area contributed by atoms with Crippen LogP contribution in [0.25, 0.3) is 0 Å². The third-order valence-electron chi connectivity index (χ3n) is 2.37. The highest BCUT2D eigenvalue weighted by Gasteiger charge is 2.23. The van der Waals surface area contributed by atoms with Gasteiger partial charge in [-0.05, 0) is 34.1 Å². The number of nitrogens with one attached hydrogen (secondary N) is 1. The minimum absolute atomic E-state index is 0.000165. The molecule has 1 heterocycles. The minimum atomic E-state index is -4.00. The number of furan rings is 1. The summed E-state index contributed by atoms with van der Waals surface area (Å²) >= 11 is 8.58. The fraction of sp³-hybridized carbons (Fsp3) is 0.0909. The van der Waals surface area contributed by atoms with Gasteiger partial charge < -0.3 is 10.2 Å². The Balaban J connectivity index is 2.38. The molecule has 0 amide bonds. The van der Waals surface area contributed by atoms with E-state index in [2.05, 4.69) is 20.7 Å². The highest BCUT2D eigenvalue weighted by molar-refractivity contribution is 9.10. The molecule has 9 heteroatoms. The molecule has 5 nitrogen and oxygen atoms in total. The highest BCUT2D eigenvalue weighted by Crippen LogP contribution is 2.29. The summed E-state index contributed by atoms with van der Waals surface area (Å²) in [5.74, 6) is -0.492. The molecule has 20 heavy (non-hydrogen) atoms. The molecule has 0 saturated heterocycles. The lowest BCUT2D eigenvalue weighted by Gasteiger charge is -2.07. The van der Waals surface area contributed by atoms with Crippen LogP contribution in [0.3, 0.4) is 0 Å². The average molecular weight is 384 g/mol. The summed E-state index contributed by atoms with van der Waals surface area (Å²) in [4.78, 5) is -0.160. The average Bonchev–Trinajstić information content (AvgIpc) is 2.75. The molecule has 0 fully saturated rings. The van der Waals surface area contributed by atoms with Crippen molar-refractivity contribution >= 4 is 43.2 Å². The molecule has 0 bridgehead atoms. The summed E-state index contributed by atoms with van der Waals surface area (Å²) in [6, 6.07) is 4.88. The second-order valence-corrected chi connectivity index (χ2v) is 6.59. The molecule has 2 aromatic rings. The van der Waals surface area contributed by atoms with Gasteiger partial charge in [-0.1, -0.05) is 11.6 Å². The summed E-state index contributed by atoms with van der Waals surface area (Å²) in [5.41, 5.74) is 5.15. The second-order valence-electron chi connectivity index (χ2n) is 3.78. The lowest BCUT2D eigenvalue weighted by molar-refractivity contribution is 0.484. The summed E-state index contributed by atoms with van der Waals surface area (Å²) in [6.45, 7) is 0.0451. The van der Waals surface area contributed by atoms with E-state index in [1.807, 2.05) is 0 Å². The van der Waals surface area contributed by atoms with E-state index in [4.69, 9.17) is 21.8 Å². The normalized spacial score (nSPS) is 11.6. The Bertz CT molecular complexity index is 748. The van der Waals surface area contributed by atoms with E-state index in [9.17, 15) is 12.8 Å². The van der Waals surface area contributed by atoms with Gasteiger partial charge in [0.15, 0.2) is 4.67 Å². The molecular formula is C11H9BrClFN2O3S. The number of rotatable bonds is 4. The topological polar surface area (TPSA) is 85.3 Å². The summed E-state index contributed by atoms with van der Waals surface area (Å²) < 4.78 is 45.1. The lowest BCUT2D eigenvalue weighted by atomic mass is 10.3. The van der Waals surface area contributed by atoms with Gasteiger partial charge >= 0.3 is 0 Å². The van der Waals surface area contributed by atoms with Gasteiger partial charge in [-0.25, -0.2) is 12.8 Å². The van der Waals surface area contributed by atoms with E-state index >= 15 is 0 Å². The van der Waals surface area contributed by atoms with Gasteiger partial charge in [0.25, 0.3) is 10.0 Å². The first-order valence-corrected chi connectivity index (χ1v) is 7.95. The van der Waals surface area contributed by atoms with Crippen molar-refractivity contribution < 1.29 is 17.2 Å². The van der Waals surface area contributed by atoms with Gasteiger partial charge in [0.2, 0.25) is 0 Å². The van der Waals surface area contributed by atoms with Gasteiger partial charge in [-0.3, -0.25) is 4.72 Å². The van der Waals surface area contributed by atoms with Crippen LogP contribution >= 0.6 is 27.5 Å². The standard InChI is InChI=1S/C11H9BrClFN2O3S/c12-11-10(4-7(5-15)19-11)20(17,18)16-9-2-1-6(13)3-8(9)14/h1-4,16H,5,15H2. The number of hydrogen-bond acceptors (Lipinski definition) is 4. The van der Waals surface area contributed by atoms with Crippen molar-refractivity contribution in [1.82, 2.24) is 0 Å². The second kappa shape index (κ2) is 5.72. The van der Waals surface area contributed by atoms with Gasteiger partial charge in [-0.2, -0.15) is 0 Å². The largest absolute Gasteiger partial charge is 0.452 e. The van der Waals surface area contributed by atoms with Crippen LogP contribution in [0.1, 0.15) is 5.76 Å². The number of hydrogen-bond donors (Lipinski definition) is 2. The zero-order chi connectivity index (χ0) is 14.9. The van der Waals surface area contributed by atoms with Crippen molar-refractivity contribution in [3.63, 3.8) is 0 Å². The third kappa shape index (κ3) is 3.14. The Kier molecular flexibility index (Phi) is 4.38. The fourth-order valence-corrected chi connectivity index (χ4v) is 3.68. The molecule has 0 unspecified atom stereocenters. The molecule has 3 N–H and O–H groups in total. The van der Waals surface area contributed by atoms with Crippen molar-refractivity contribution in [3.05, 3.63) is 45.5 Å². The Morgan fingerprint density at radius 3 is 2.65 bits per heavy atom. The molecule has 0 aliphatic heterocycles. The maximum atomic E-state index is 13.6. The van der Waals surface area contributed by atoms with Gasteiger partial charge in [-0.15, -0.1) is 0 Å². The van der Waals surface area contributed by atoms with E-state index < -0.39 is 15.8 Å². The van der Waals surface area contributed by atoms with Gasteiger partial charge in [0.1, 0.15) is 16.5 Å². The van der Waals surface area contributed by atoms with E-state index in [-0.39, 0.29) is 32.6 Å². The summed E-state index contributed by atoms with van der Waals surface area (Å²) in [5, 5.41) is 0.167. The first kappa shape index (κ1) is 15.3. The first-order chi connectivity index (χ1) is 9.33. The molecule has 2 rings (SSSR count). The summed E-state index contributed by atoms with van der Waals surface area (Å²) in [7, 11) is -4.00. The number of sulfonamides is 1. The van der Waals surface area contributed by atoms with Crippen molar-refractivity contribution in [2.24, 2.45) is 5.73 Å². The van der Waals surface area contributed by atoms with Crippen LogP contribution in [0.5, 0.6) is 0 Å². The first-order valence-electron chi connectivity index (χ1n) is 5.29. The van der Waals surface area contributed by atoms with Crippen LogP contribution in [0.4, 0.5) is 10.1 Å². The Morgan fingerprint density at radius 1 is 1.40 bits per heavy atom. The number of anilines is 1. The molecule has 0 radical (unpaired) electrons. The lowest BCUT2D eigenvalue weighted by Crippen LogP contribution is -2.13. The molecule has 0 spiro atoms. The summed E-state index contributed by atoms with van der Waals surface area (Å²) in [6.07, 6.45) is 0. The number of halogens is 3. The number of benzene rings is 1. The van der Waals surface area contributed by atoms with Gasteiger partial charge in [0, 0.05) is 11.1 Å².